The molecule has 16 heavy (non-hydrogen) atoms. The Morgan fingerprint density at radius 3 is 2.94 bits per heavy atom. The summed E-state index contributed by atoms with van der Waals surface area (Å²) >= 11 is 5.24. The predicted molar refractivity (Wildman–Crippen MR) is 70.5 cm³/mol. The second kappa shape index (κ2) is 5.12. The highest BCUT2D eigenvalue weighted by Crippen LogP contribution is 2.27. The van der Waals surface area contributed by atoms with E-state index in [1.54, 1.807) is 11.3 Å². The average Bonchev–Trinajstić information content (AvgIpc) is 2.84. The molecule has 1 atom stereocenters. The third-order valence-electron chi connectivity index (χ3n) is 2.51. The number of thiophene rings is 1. The van der Waals surface area contributed by atoms with E-state index in [1.165, 1.54) is 8.66 Å². The maximum Gasteiger partial charge on any atom is 0.122 e. The first-order chi connectivity index (χ1) is 7.66. The molecule has 1 N–H and O–H groups in total. The Kier molecular flexibility index (Phi) is 3.78. The molecule has 1 unspecified atom stereocenters. The van der Waals surface area contributed by atoms with Gasteiger partial charge >= 0.3 is 0 Å². The van der Waals surface area contributed by atoms with Crippen LogP contribution in [0.1, 0.15) is 23.7 Å². The summed E-state index contributed by atoms with van der Waals surface area (Å²) in [7, 11) is 2.01. The molecule has 5 heteroatoms. The summed E-state index contributed by atoms with van der Waals surface area (Å²) in [5, 5.41) is 3.46. The number of halogens is 1. The molecule has 0 saturated heterocycles. The molecule has 0 aliphatic rings. The molecule has 0 aliphatic carbocycles. The summed E-state index contributed by atoms with van der Waals surface area (Å²) in [5.74, 6) is 1.06. The maximum absolute atomic E-state index is 4.28. The van der Waals surface area contributed by atoms with Gasteiger partial charge in [-0.25, -0.2) is 4.98 Å². The second-order valence-electron chi connectivity index (χ2n) is 3.70. The molecule has 0 saturated carbocycles. The van der Waals surface area contributed by atoms with Crippen molar-refractivity contribution in [1.82, 2.24) is 14.9 Å². The van der Waals surface area contributed by atoms with Crippen LogP contribution in [0.15, 0.2) is 28.3 Å². The Balaban J connectivity index is 1.93. The van der Waals surface area contributed by atoms with E-state index in [2.05, 4.69) is 45.3 Å². The summed E-state index contributed by atoms with van der Waals surface area (Å²) in [6.45, 7) is 2.96. The van der Waals surface area contributed by atoms with Crippen molar-refractivity contribution in [1.29, 1.82) is 0 Å². The Bertz CT molecular complexity index is 463. The predicted octanol–water partition coefficient (Wildman–Crippen LogP) is 3.09. The normalized spacial score (nSPS) is 12.9. The fraction of sp³-hybridized carbons (Fsp3) is 0.364. The van der Waals surface area contributed by atoms with Crippen molar-refractivity contribution in [2.45, 2.75) is 19.5 Å². The van der Waals surface area contributed by atoms with Crippen molar-refractivity contribution in [2.75, 3.05) is 0 Å². The van der Waals surface area contributed by atoms with Crippen LogP contribution in [0.4, 0.5) is 0 Å². The number of aromatic nitrogens is 2. The van der Waals surface area contributed by atoms with E-state index in [4.69, 9.17) is 0 Å². The molecule has 0 aliphatic heterocycles. The lowest BCUT2D eigenvalue weighted by Gasteiger charge is -2.11. The molecule has 2 aromatic rings. The van der Waals surface area contributed by atoms with Crippen LogP contribution in [0.3, 0.4) is 0 Å². The minimum absolute atomic E-state index is 0.355. The summed E-state index contributed by atoms with van der Waals surface area (Å²) in [6, 6.07) is 4.58. The molecule has 2 aromatic heterocycles. The molecule has 2 rings (SSSR count). The van der Waals surface area contributed by atoms with Crippen LogP contribution in [-0.2, 0) is 13.6 Å². The number of nitrogens with zero attached hydrogens (tertiary/aromatic N) is 2. The lowest BCUT2D eigenvalue weighted by Crippen LogP contribution is -2.19. The average molecular weight is 300 g/mol. The van der Waals surface area contributed by atoms with Gasteiger partial charge < -0.3 is 9.88 Å². The van der Waals surface area contributed by atoms with Gasteiger partial charge in [-0.15, -0.1) is 11.3 Å². The molecule has 0 amide bonds. The van der Waals surface area contributed by atoms with E-state index in [9.17, 15) is 0 Å². The monoisotopic (exact) mass is 299 g/mol. The molecule has 0 spiro atoms. The van der Waals surface area contributed by atoms with E-state index in [1.807, 2.05) is 24.0 Å². The fourth-order valence-corrected chi connectivity index (χ4v) is 2.92. The van der Waals surface area contributed by atoms with Crippen molar-refractivity contribution in [3.05, 3.63) is 39.0 Å². The van der Waals surface area contributed by atoms with Crippen molar-refractivity contribution in [2.24, 2.45) is 7.05 Å². The number of hydrogen-bond donors (Lipinski definition) is 1. The van der Waals surface area contributed by atoms with Gasteiger partial charge in [0, 0.05) is 30.4 Å². The van der Waals surface area contributed by atoms with Crippen LogP contribution in [0.2, 0.25) is 0 Å². The zero-order valence-corrected chi connectivity index (χ0v) is 11.7. The standard InChI is InChI=1S/C11H14BrN3S/c1-8(9-3-4-10(12)16-9)14-7-11-13-5-6-15(11)2/h3-6,8,14H,7H2,1-2H3. The number of nitrogens with one attached hydrogen (secondary N) is 1. The zero-order valence-electron chi connectivity index (χ0n) is 9.27. The Hall–Kier alpha value is -0.650. The van der Waals surface area contributed by atoms with Gasteiger partial charge in [0.1, 0.15) is 5.82 Å². The summed E-state index contributed by atoms with van der Waals surface area (Å²) in [5.41, 5.74) is 0. The van der Waals surface area contributed by atoms with Gasteiger partial charge in [0.25, 0.3) is 0 Å². The Labute approximate surface area is 108 Å². The van der Waals surface area contributed by atoms with E-state index in [-0.39, 0.29) is 0 Å². The highest BCUT2D eigenvalue weighted by atomic mass is 79.9. The van der Waals surface area contributed by atoms with Gasteiger partial charge in [-0.2, -0.15) is 0 Å². The van der Waals surface area contributed by atoms with Crippen molar-refractivity contribution in [3.8, 4) is 0 Å². The van der Waals surface area contributed by atoms with Crippen molar-refractivity contribution < 1.29 is 0 Å². The molecule has 3 nitrogen and oxygen atoms in total. The third kappa shape index (κ3) is 2.72. The minimum atomic E-state index is 0.355. The first-order valence-corrected chi connectivity index (χ1v) is 6.72. The Morgan fingerprint density at radius 2 is 2.38 bits per heavy atom. The van der Waals surface area contributed by atoms with E-state index < -0.39 is 0 Å². The zero-order chi connectivity index (χ0) is 11.5. The third-order valence-corrected chi connectivity index (χ3v) is 4.31. The van der Waals surface area contributed by atoms with Gasteiger partial charge in [-0.05, 0) is 35.0 Å². The van der Waals surface area contributed by atoms with E-state index in [0.29, 0.717) is 6.04 Å². The quantitative estimate of drug-likeness (QED) is 0.940. The van der Waals surface area contributed by atoms with E-state index in [0.717, 1.165) is 12.4 Å². The Morgan fingerprint density at radius 1 is 1.56 bits per heavy atom. The lowest BCUT2D eigenvalue weighted by atomic mass is 10.3. The van der Waals surface area contributed by atoms with Crippen LogP contribution >= 0.6 is 27.3 Å². The highest BCUT2D eigenvalue weighted by molar-refractivity contribution is 9.11. The first kappa shape index (κ1) is 11.8. The van der Waals surface area contributed by atoms with Crippen LogP contribution in [0, 0.1) is 0 Å². The van der Waals surface area contributed by atoms with Gasteiger partial charge in [0.15, 0.2) is 0 Å². The molecule has 0 radical (unpaired) electrons. The lowest BCUT2D eigenvalue weighted by molar-refractivity contribution is 0.556. The number of imidazole rings is 1. The van der Waals surface area contributed by atoms with Crippen molar-refractivity contribution in [3.63, 3.8) is 0 Å². The number of hydrogen-bond acceptors (Lipinski definition) is 3. The van der Waals surface area contributed by atoms with Gasteiger partial charge in [0.05, 0.1) is 10.3 Å². The largest absolute Gasteiger partial charge is 0.337 e. The maximum atomic E-state index is 4.28. The SMILES string of the molecule is CC(NCc1nccn1C)c1ccc(Br)s1. The van der Waals surface area contributed by atoms with Gasteiger partial charge in [-0.3, -0.25) is 0 Å². The van der Waals surface area contributed by atoms with Crippen LogP contribution < -0.4 is 5.32 Å². The van der Waals surface area contributed by atoms with E-state index >= 15 is 0 Å². The topological polar surface area (TPSA) is 29.9 Å². The molecular weight excluding hydrogens is 286 g/mol. The number of aryl methyl sites for hydroxylation is 1. The molecule has 86 valence electrons. The molecule has 2 heterocycles. The summed E-state index contributed by atoms with van der Waals surface area (Å²) < 4.78 is 3.21. The van der Waals surface area contributed by atoms with Crippen LogP contribution in [0.5, 0.6) is 0 Å². The molecular formula is C11H14BrN3S. The van der Waals surface area contributed by atoms with Crippen LogP contribution in [0.25, 0.3) is 0 Å². The smallest absolute Gasteiger partial charge is 0.122 e. The van der Waals surface area contributed by atoms with Crippen LogP contribution in [-0.4, -0.2) is 9.55 Å². The molecule has 0 aromatic carbocycles. The minimum Gasteiger partial charge on any atom is -0.337 e. The second-order valence-corrected chi connectivity index (χ2v) is 6.19. The molecule has 0 bridgehead atoms. The fourth-order valence-electron chi connectivity index (χ4n) is 1.47. The number of rotatable bonds is 4. The summed E-state index contributed by atoms with van der Waals surface area (Å²) in [6.07, 6.45) is 3.78. The first-order valence-electron chi connectivity index (χ1n) is 5.11. The molecule has 0 fully saturated rings. The summed E-state index contributed by atoms with van der Waals surface area (Å²) in [4.78, 5) is 5.62. The van der Waals surface area contributed by atoms with Crippen molar-refractivity contribution >= 4 is 27.3 Å². The van der Waals surface area contributed by atoms with Gasteiger partial charge in [-0.1, -0.05) is 0 Å². The van der Waals surface area contributed by atoms with Gasteiger partial charge in [0.2, 0.25) is 0 Å². The highest BCUT2D eigenvalue weighted by Gasteiger charge is 2.08.